The minimum absolute atomic E-state index is 0.0687. The number of esters is 1. The van der Waals surface area contributed by atoms with Gasteiger partial charge in [0, 0.05) is 12.1 Å². The molecule has 1 heterocycles. The van der Waals surface area contributed by atoms with Crippen LogP contribution in [0.3, 0.4) is 0 Å². The molecule has 1 aromatic carbocycles. The second kappa shape index (κ2) is 7.34. The molecule has 0 unspecified atom stereocenters. The summed E-state index contributed by atoms with van der Waals surface area (Å²) >= 11 is 6.13. The lowest BCUT2D eigenvalue weighted by molar-refractivity contribution is -0.384. The van der Waals surface area contributed by atoms with Crippen LogP contribution in [-0.4, -0.2) is 39.2 Å². The van der Waals surface area contributed by atoms with E-state index in [2.05, 4.69) is 0 Å². The van der Waals surface area contributed by atoms with Crippen molar-refractivity contribution < 1.29 is 19.2 Å². The maximum absolute atomic E-state index is 12.3. The predicted octanol–water partition coefficient (Wildman–Crippen LogP) is 2.36. The Kier molecular flexibility index (Phi) is 5.45. The molecule has 0 radical (unpaired) electrons. The minimum Gasteiger partial charge on any atom is -0.465 e. The first-order chi connectivity index (χ1) is 10.9. The highest BCUT2D eigenvalue weighted by Gasteiger charge is 2.33. The maximum atomic E-state index is 12.3. The number of ether oxygens (including phenoxy) is 1. The van der Waals surface area contributed by atoms with Crippen LogP contribution in [0.2, 0.25) is 0 Å². The molecule has 0 spiro atoms. The van der Waals surface area contributed by atoms with Crippen LogP contribution in [0.4, 0.5) is 5.69 Å². The third kappa shape index (κ3) is 4.14. The molecule has 0 bridgehead atoms. The highest BCUT2D eigenvalue weighted by atomic mass is 32.2. The van der Waals surface area contributed by atoms with Crippen LogP contribution in [0.15, 0.2) is 29.2 Å². The fraction of sp³-hybridized carbons (Fsp3) is 0.214. The van der Waals surface area contributed by atoms with E-state index in [-0.39, 0.29) is 23.2 Å². The number of nitrogens with zero attached hydrogens (tertiary/aromatic N) is 2. The van der Waals surface area contributed by atoms with Crippen LogP contribution in [0.1, 0.15) is 12.5 Å². The van der Waals surface area contributed by atoms with Crippen LogP contribution in [-0.2, 0) is 14.3 Å². The van der Waals surface area contributed by atoms with Crippen molar-refractivity contribution >= 4 is 51.9 Å². The molecule has 0 aromatic heterocycles. The van der Waals surface area contributed by atoms with Gasteiger partial charge in [-0.05, 0) is 18.6 Å². The summed E-state index contributed by atoms with van der Waals surface area (Å²) in [5.74, 6) is -0.958. The molecule has 1 fully saturated rings. The van der Waals surface area contributed by atoms with Crippen molar-refractivity contribution in [3.63, 3.8) is 0 Å². The Morgan fingerprint density at radius 1 is 1.52 bits per heavy atom. The van der Waals surface area contributed by atoms with E-state index in [9.17, 15) is 19.7 Å². The number of carbonyl (C=O) groups excluding carboxylic acids is 2. The van der Waals surface area contributed by atoms with E-state index in [4.69, 9.17) is 17.0 Å². The summed E-state index contributed by atoms with van der Waals surface area (Å²) in [5.41, 5.74) is 0.441. The number of non-ortho nitro benzene ring substituents is 1. The van der Waals surface area contributed by atoms with Gasteiger partial charge in [0.2, 0.25) is 0 Å². The number of rotatable bonds is 5. The van der Waals surface area contributed by atoms with Gasteiger partial charge < -0.3 is 4.74 Å². The molecule has 1 aliphatic heterocycles. The molecule has 0 N–H and O–H groups in total. The van der Waals surface area contributed by atoms with Gasteiger partial charge in [-0.25, -0.2) is 0 Å². The first-order valence-electron chi connectivity index (χ1n) is 6.57. The zero-order valence-electron chi connectivity index (χ0n) is 12.1. The van der Waals surface area contributed by atoms with Crippen LogP contribution in [0.25, 0.3) is 6.08 Å². The summed E-state index contributed by atoms with van der Waals surface area (Å²) in [6, 6.07) is 5.90. The molecule has 1 aromatic rings. The van der Waals surface area contributed by atoms with Crippen LogP contribution in [0.5, 0.6) is 0 Å². The monoisotopic (exact) mass is 352 g/mol. The number of benzene rings is 1. The molecule has 0 atom stereocenters. The van der Waals surface area contributed by atoms with E-state index >= 15 is 0 Å². The number of thiocarbonyl (C=S) groups is 1. The molecule has 0 saturated carbocycles. The zero-order valence-corrected chi connectivity index (χ0v) is 13.7. The summed E-state index contributed by atoms with van der Waals surface area (Å²) in [6.07, 6.45) is 1.51. The fourth-order valence-corrected chi connectivity index (χ4v) is 3.11. The summed E-state index contributed by atoms with van der Waals surface area (Å²) < 4.78 is 5.05. The number of carbonyl (C=O) groups is 2. The number of amides is 1. The fourth-order valence-electron chi connectivity index (χ4n) is 1.85. The van der Waals surface area contributed by atoms with E-state index in [0.29, 0.717) is 10.5 Å². The van der Waals surface area contributed by atoms with E-state index in [0.717, 1.165) is 16.7 Å². The average Bonchev–Trinajstić information content (AvgIpc) is 2.75. The molecule has 1 aliphatic rings. The Morgan fingerprint density at radius 3 is 2.91 bits per heavy atom. The summed E-state index contributed by atoms with van der Waals surface area (Å²) in [6.45, 7) is 1.65. The van der Waals surface area contributed by atoms with Crippen molar-refractivity contribution in [1.82, 2.24) is 4.90 Å². The van der Waals surface area contributed by atoms with Gasteiger partial charge >= 0.3 is 5.97 Å². The van der Waals surface area contributed by atoms with E-state index in [1.165, 1.54) is 24.3 Å². The first kappa shape index (κ1) is 17.1. The second-order valence-electron chi connectivity index (χ2n) is 4.42. The molecule has 120 valence electrons. The smallest absolute Gasteiger partial charge is 0.326 e. The summed E-state index contributed by atoms with van der Waals surface area (Å²) in [5, 5.41) is 10.8. The Bertz CT molecular complexity index is 717. The molecule has 1 amide bonds. The summed E-state index contributed by atoms with van der Waals surface area (Å²) in [7, 11) is 0. The topological polar surface area (TPSA) is 89.8 Å². The molecule has 9 heteroatoms. The number of hydrogen-bond donors (Lipinski definition) is 0. The second-order valence-corrected chi connectivity index (χ2v) is 6.10. The molecule has 7 nitrogen and oxygen atoms in total. The zero-order chi connectivity index (χ0) is 17.0. The molecule has 23 heavy (non-hydrogen) atoms. The third-order valence-corrected chi connectivity index (χ3v) is 4.22. The molecule has 2 rings (SSSR count). The van der Waals surface area contributed by atoms with Crippen molar-refractivity contribution in [3.8, 4) is 0 Å². The minimum atomic E-state index is -0.541. The lowest BCUT2D eigenvalue weighted by atomic mass is 10.2. The van der Waals surface area contributed by atoms with Gasteiger partial charge in [-0.1, -0.05) is 36.1 Å². The third-order valence-electron chi connectivity index (χ3n) is 2.84. The van der Waals surface area contributed by atoms with E-state index in [1.54, 1.807) is 13.0 Å². The number of nitro groups is 1. The average molecular weight is 352 g/mol. The van der Waals surface area contributed by atoms with E-state index < -0.39 is 16.8 Å². The van der Waals surface area contributed by atoms with Crippen molar-refractivity contribution in [2.75, 3.05) is 13.2 Å². The summed E-state index contributed by atoms with van der Waals surface area (Å²) in [4.78, 5) is 35.5. The Labute approximate surface area is 141 Å². The lowest BCUT2D eigenvalue weighted by Gasteiger charge is -2.12. The number of nitro benzene ring substituents is 1. The van der Waals surface area contributed by atoms with Gasteiger partial charge in [-0.3, -0.25) is 24.6 Å². The highest BCUT2D eigenvalue weighted by Crippen LogP contribution is 2.32. The molecule has 1 saturated heterocycles. The predicted molar refractivity (Wildman–Crippen MR) is 89.6 cm³/mol. The lowest BCUT2D eigenvalue weighted by Crippen LogP contribution is -2.34. The van der Waals surface area contributed by atoms with E-state index in [1.807, 2.05) is 0 Å². The molecular formula is C14H12N2O5S2. The van der Waals surface area contributed by atoms with Crippen LogP contribution in [0, 0.1) is 10.1 Å². The number of hydrogen-bond acceptors (Lipinski definition) is 7. The quantitative estimate of drug-likeness (QED) is 0.264. The molecule has 0 aliphatic carbocycles. The van der Waals surface area contributed by atoms with Crippen molar-refractivity contribution in [1.29, 1.82) is 0 Å². The van der Waals surface area contributed by atoms with Gasteiger partial charge in [-0.2, -0.15) is 0 Å². The SMILES string of the molecule is CCOC(=O)CN1C(=O)C(=Cc2cccc([N+](=O)[O-])c2)SC1=S. The van der Waals surface area contributed by atoms with Crippen molar-refractivity contribution in [3.05, 3.63) is 44.8 Å². The normalized spacial score (nSPS) is 16.0. The number of thioether (sulfide) groups is 1. The van der Waals surface area contributed by atoms with Crippen LogP contribution < -0.4 is 0 Å². The van der Waals surface area contributed by atoms with Crippen LogP contribution >= 0.6 is 24.0 Å². The van der Waals surface area contributed by atoms with Gasteiger partial charge in [0.1, 0.15) is 10.9 Å². The molecular weight excluding hydrogens is 340 g/mol. The Balaban J connectivity index is 2.20. The van der Waals surface area contributed by atoms with Gasteiger partial charge in [-0.15, -0.1) is 0 Å². The van der Waals surface area contributed by atoms with Gasteiger partial charge in [0.25, 0.3) is 11.6 Å². The van der Waals surface area contributed by atoms with Crippen molar-refractivity contribution in [2.24, 2.45) is 0 Å². The first-order valence-corrected chi connectivity index (χ1v) is 7.80. The standard InChI is InChI=1S/C14H12N2O5S2/c1-2-21-12(17)8-15-13(18)11(23-14(15)22)7-9-4-3-5-10(6-9)16(19)20/h3-7H,2,8H2,1H3. The maximum Gasteiger partial charge on any atom is 0.326 e. The Morgan fingerprint density at radius 2 is 2.26 bits per heavy atom. The van der Waals surface area contributed by atoms with Crippen molar-refractivity contribution in [2.45, 2.75) is 6.92 Å². The Hall–Kier alpha value is -2.26. The van der Waals surface area contributed by atoms with Gasteiger partial charge in [0.05, 0.1) is 16.4 Å². The largest absolute Gasteiger partial charge is 0.465 e. The highest BCUT2D eigenvalue weighted by molar-refractivity contribution is 8.26. The van der Waals surface area contributed by atoms with Gasteiger partial charge in [0.15, 0.2) is 0 Å².